The second kappa shape index (κ2) is 8.15. The van der Waals surface area contributed by atoms with Crippen LogP contribution >= 0.6 is 11.6 Å². The van der Waals surface area contributed by atoms with Crippen LogP contribution in [0.25, 0.3) is 0 Å². The van der Waals surface area contributed by atoms with Crippen LogP contribution in [0.4, 0.5) is 0 Å². The van der Waals surface area contributed by atoms with E-state index in [1.165, 1.54) is 5.56 Å². The van der Waals surface area contributed by atoms with Crippen LogP contribution in [0.3, 0.4) is 0 Å². The van der Waals surface area contributed by atoms with Gasteiger partial charge in [0, 0.05) is 13.6 Å². The number of amides is 1. The standard InChI is InChI=1S/C16H24ClNO2/c1-12(2)14-7-5-8-15(11-14)20-10-6-9-18(4)16(19)13(3)17/h5,7-8,11-13H,6,9-10H2,1-4H3. The van der Waals surface area contributed by atoms with Gasteiger partial charge in [0.15, 0.2) is 0 Å². The number of halogens is 1. The SMILES string of the molecule is CC(Cl)C(=O)N(C)CCCOc1cccc(C(C)C)c1. The van der Waals surface area contributed by atoms with E-state index in [-0.39, 0.29) is 5.91 Å². The number of hydrogen-bond acceptors (Lipinski definition) is 2. The quantitative estimate of drug-likeness (QED) is 0.568. The number of carbonyl (C=O) groups is 1. The van der Waals surface area contributed by atoms with E-state index in [0.717, 1.165) is 12.2 Å². The third-order valence-corrected chi connectivity index (χ3v) is 3.33. The third kappa shape index (κ3) is 5.41. The van der Waals surface area contributed by atoms with Crippen molar-refractivity contribution in [2.45, 2.75) is 38.5 Å². The summed E-state index contributed by atoms with van der Waals surface area (Å²) in [6, 6.07) is 8.14. The smallest absolute Gasteiger partial charge is 0.240 e. The molecular weight excluding hydrogens is 274 g/mol. The number of rotatable bonds is 7. The molecule has 1 atom stereocenters. The second-order valence-electron chi connectivity index (χ2n) is 5.31. The minimum atomic E-state index is -0.469. The second-order valence-corrected chi connectivity index (χ2v) is 5.96. The molecule has 0 aliphatic rings. The zero-order chi connectivity index (χ0) is 15.1. The van der Waals surface area contributed by atoms with Gasteiger partial charge < -0.3 is 9.64 Å². The summed E-state index contributed by atoms with van der Waals surface area (Å²) in [5.41, 5.74) is 1.27. The van der Waals surface area contributed by atoms with Gasteiger partial charge in [0.1, 0.15) is 11.1 Å². The molecule has 0 aromatic heterocycles. The molecule has 1 aromatic rings. The van der Waals surface area contributed by atoms with Gasteiger partial charge in [-0.1, -0.05) is 26.0 Å². The maximum atomic E-state index is 11.6. The average Bonchev–Trinajstić information content (AvgIpc) is 2.42. The van der Waals surface area contributed by atoms with Crippen molar-refractivity contribution in [1.82, 2.24) is 4.90 Å². The fourth-order valence-corrected chi connectivity index (χ4v) is 2.04. The first-order chi connectivity index (χ1) is 9.41. The van der Waals surface area contributed by atoms with Crippen molar-refractivity contribution >= 4 is 17.5 Å². The Labute approximate surface area is 126 Å². The Morgan fingerprint density at radius 1 is 1.35 bits per heavy atom. The Balaban J connectivity index is 2.34. The van der Waals surface area contributed by atoms with Crippen LogP contribution in [0.2, 0.25) is 0 Å². The molecule has 20 heavy (non-hydrogen) atoms. The molecule has 0 heterocycles. The number of carbonyl (C=O) groups excluding carboxylic acids is 1. The molecule has 0 saturated carbocycles. The summed E-state index contributed by atoms with van der Waals surface area (Å²) in [6.07, 6.45) is 0.789. The fraction of sp³-hybridized carbons (Fsp3) is 0.562. The Morgan fingerprint density at radius 2 is 2.05 bits per heavy atom. The van der Waals surface area contributed by atoms with Crippen LogP contribution in [0.1, 0.15) is 38.7 Å². The lowest BCUT2D eigenvalue weighted by Gasteiger charge is -2.18. The number of hydrogen-bond donors (Lipinski definition) is 0. The lowest BCUT2D eigenvalue weighted by molar-refractivity contribution is -0.129. The van der Waals surface area contributed by atoms with Crippen molar-refractivity contribution in [2.75, 3.05) is 20.2 Å². The highest BCUT2D eigenvalue weighted by atomic mass is 35.5. The zero-order valence-corrected chi connectivity index (χ0v) is 13.5. The number of benzene rings is 1. The predicted molar refractivity (Wildman–Crippen MR) is 83.6 cm³/mol. The molecule has 0 fully saturated rings. The molecule has 0 N–H and O–H groups in total. The van der Waals surface area contributed by atoms with Crippen LogP contribution in [-0.2, 0) is 4.79 Å². The van der Waals surface area contributed by atoms with E-state index < -0.39 is 5.38 Å². The monoisotopic (exact) mass is 297 g/mol. The van der Waals surface area contributed by atoms with Gasteiger partial charge in [-0.15, -0.1) is 11.6 Å². The lowest BCUT2D eigenvalue weighted by Crippen LogP contribution is -2.33. The summed E-state index contributed by atoms with van der Waals surface area (Å²) >= 11 is 5.76. The molecule has 0 aliphatic carbocycles. The van der Waals surface area contributed by atoms with Crippen LogP contribution in [-0.4, -0.2) is 36.4 Å². The topological polar surface area (TPSA) is 29.5 Å². The summed E-state index contributed by atoms with van der Waals surface area (Å²) in [7, 11) is 1.76. The van der Waals surface area contributed by atoms with E-state index in [2.05, 4.69) is 26.0 Å². The van der Waals surface area contributed by atoms with E-state index in [4.69, 9.17) is 16.3 Å². The fourth-order valence-electron chi connectivity index (χ4n) is 1.87. The van der Waals surface area contributed by atoms with Gasteiger partial charge in [0.05, 0.1) is 6.61 Å². The van der Waals surface area contributed by atoms with Crippen molar-refractivity contribution in [3.63, 3.8) is 0 Å². The minimum absolute atomic E-state index is 0.0477. The zero-order valence-electron chi connectivity index (χ0n) is 12.7. The first-order valence-electron chi connectivity index (χ1n) is 7.03. The highest BCUT2D eigenvalue weighted by Gasteiger charge is 2.13. The maximum Gasteiger partial charge on any atom is 0.240 e. The van der Waals surface area contributed by atoms with Crippen LogP contribution in [0, 0.1) is 0 Å². The Hall–Kier alpha value is -1.22. The van der Waals surface area contributed by atoms with E-state index in [1.54, 1.807) is 18.9 Å². The maximum absolute atomic E-state index is 11.6. The molecule has 4 heteroatoms. The summed E-state index contributed by atoms with van der Waals surface area (Å²) in [5.74, 6) is 1.33. The average molecular weight is 298 g/mol. The third-order valence-electron chi connectivity index (χ3n) is 3.15. The molecular formula is C16H24ClNO2. The highest BCUT2D eigenvalue weighted by Crippen LogP contribution is 2.20. The lowest BCUT2D eigenvalue weighted by atomic mass is 10.0. The first-order valence-corrected chi connectivity index (χ1v) is 7.47. The van der Waals surface area contributed by atoms with Crippen molar-refractivity contribution in [2.24, 2.45) is 0 Å². The summed E-state index contributed by atoms with van der Waals surface area (Å²) < 4.78 is 5.72. The molecule has 1 amide bonds. The molecule has 0 spiro atoms. The molecule has 112 valence electrons. The Kier molecular flexibility index (Phi) is 6.86. The summed E-state index contributed by atoms with van der Waals surface area (Å²) in [4.78, 5) is 13.2. The normalized spacial score (nSPS) is 12.3. The summed E-state index contributed by atoms with van der Waals surface area (Å²) in [6.45, 7) is 7.25. The van der Waals surface area contributed by atoms with Crippen molar-refractivity contribution in [1.29, 1.82) is 0 Å². The van der Waals surface area contributed by atoms with Gasteiger partial charge in [-0.05, 0) is 37.0 Å². The Morgan fingerprint density at radius 3 is 2.65 bits per heavy atom. The molecule has 1 unspecified atom stereocenters. The van der Waals surface area contributed by atoms with Crippen molar-refractivity contribution in [3.8, 4) is 5.75 Å². The van der Waals surface area contributed by atoms with Crippen LogP contribution in [0.15, 0.2) is 24.3 Å². The van der Waals surface area contributed by atoms with E-state index in [9.17, 15) is 4.79 Å². The minimum Gasteiger partial charge on any atom is -0.494 e. The van der Waals surface area contributed by atoms with Gasteiger partial charge in [-0.2, -0.15) is 0 Å². The van der Waals surface area contributed by atoms with Gasteiger partial charge in [0.25, 0.3) is 0 Å². The van der Waals surface area contributed by atoms with E-state index >= 15 is 0 Å². The molecule has 0 radical (unpaired) electrons. The van der Waals surface area contributed by atoms with Crippen LogP contribution < -0.4 is 4.74 Å². The number of ether oxygens (including phenoxy) is 1. The largest absolute Gasteiger partial charge is 0.494 e. The molecule has 0 bridgehead atoms. The van der Waals surface area contributed by atoms with Gasteiger partial charge in [-0.25, -0.2) is 0 Å². The molecule has 0 saturated heterocycles. The number of nitrogens with zero attached hydrogens (tertiary/aromatic N) is 1. The van der Waals surface area contributed by atoms with E-state index in [0.29, 0.717) is 19.1 Å². The van der Waals surface area contributed by atoms with E-state index in [1.807, 2.05) is 12.1 Å². The van der Waals surface area contributed by atoms with Crippen LogP contribution in [0.5, 0.6) is 5.75 Å². The van der Waals surface area contributed by atoms with Gasteiger partial charge >= 0.3 is 0 Å². The number of alkyl halides is 1. The molecule has 0 aliphatic heterocycles. The highest BCUT2D eigenvalue weighted by molar-refractivity contribution is 6.30. The van der Waals surface area contributed by atoms with Gasteiger partial charge in [0.2, 0.25) is 5.91 Å². The Bertz CT molecular complexity index is 432. The van der Waals surface area contributed by atoms with Gasteiger partial charge in [-0.3, -0.25) is 4.79 Å². The molecule has 3 nitrogen and oxygen atoms in total. The summed E-state index contributed by atoms with van der Waals surface area (Å²) in [5, 5.41) is -0.469. The molecule has 1 aromatic carbocycles. The predicted octanol–water partition coefficient (Wildman–Crippen LogP) is 3.66. The first kappa shape index (κ1) is 16.8. The molecule has 1 rings (SSSR count). The van der Waals surface area contributed by atoms with Crippen molar-refractivity contribution in [3.05, 3.63) is 29.8 Å². The van der Waals surface area contributed by atoms with Crippen molar-refractivity contribution < 1.29 is 9.53 Å².